The number of hydrogen-bond acceptors (Lipinski definition) is 3. The number of benzene rings is 2. The van der Waals surface area contributed by atoms with Crippen molar-refractivity contribution in [2.45, 2.75) is 11.1 Å². The van der Waals surface area contributed by atoms with Crippen LogP contribution in [0.5, 0.6) is 0 Å². The molecule has 0 heterocycles. The summed E-state index contributed by atoms with van der Waals surface area (Å²) in [6.45, 7) is 0. The summed E-state index contributed by atoms with van der Waals surface area (Å²) in [4.78, 5) is 10.2. The number of carboxylic acid groups (broad SMARTS) is 1. The second kappa shape index (κ2) is 6.52. The molecule has 0 saturated heterocycles. The van der Waals surface area contributed by atoms with Crippen molar-refractivity contribution in [1.29, 1.82) is 0 Å². The molecule has 0 amide bonds. The number of carbonyl (C=O) groups is 1. The van der Waals surface area contributed by atoms with Crippen LogP contribution in [-0.2, 0) is 16.2 Å². The summed E-state index contributed by atoms with van der Waals surface area (Å²) in [5, 5.41) is 8.52. The van der Waals surface area contributed by atoms with Crippen molar-refractivity contribution in [1.82, 2.24) is 0 Å². The molecule has 2 rings (SSSR count). The maximum absolute atomic E-state index is 13.2. The van der Waals surface area contributed by atoms with E-state index < -0.39 is 49.7 Å². The highest BCUT2D eigenvalue weighted by Crippen LogP contribution is 2.33. The van der Waals surface area contributed by atoms with Crippen LogP contribution in [-0.4, -0.2) is 19.5 Å². The quantitative estimate of drug-likeness (QED) is 0.764. The minimum Gasteiger partial charge on any atom is -0.478 e. The summed E-state index contributed by atoms with van der Waals surface area (Å²) >= 11 is 5.67. The zero-order valence-corrected chi connectivity index (χ0v) is 13.5. The Morgan fingerprint density at radius 1 is 1.12 bits per heavy atom. The lowest BCUT2D eigenvalue weighted by Crippen LogP contribution is -2.16. The Labute approximate surface area is 143 Å². The second-order valence-electron chi connectivity index (χ2n) is 4.78. The van der Waals surface area contributed by atoms with Crippen LogP contribution in [0.2, 0.25) is 5.02 Å². The number of nitrogens with one attached hydrogen (secondary N) is 1. The van der Waals surface area contributed by atoms with Crippen LogP contribution in [0.15, 0.2) is 41.3 Å². The maximum atomic E-state index is 13.2. The van der Waals surface area contributed by atoms with E-state index in [9.17, 15) is 30.8 Å². The molecule has 11 heteroatoms. The van der Waals surface area contributed by atoms with Gasteiger partial charge in [-0.2, -0.15) is 13.2 Å². The molecule has 0 bridgehead atoms. The summed E-state index contributed by atoms with van der Waals surface area (Å²) in [7, 11) is -4.55. The average molecular weight is 398 g/mol. The summed E-state index contributed by atoms with van der Waals surface area (Å²) in [5.41, 5.74) is -2.80. The van der Waals surface area contributed by atoms with E-state index in [2.05, 4.69) is 0 Å². The summed E-state index contributed by atoms with van der Waals surface area (Å²) in [5.74, 6) is -2.62. The van der Waals surface area contributed by atoms with Gasteiger partial charge < -0.3 is 5.11 Å². The van der Waals surface area contributed by atoms with E-state index in [1.54, 1.807) is 4.72 Å². The third-order valence-corrected chi connectivity index (χ3v) is 4.81. The Morgan fingerprint density at radius 2 is 1.76 bits per heavy atom. The van der Waals surface area contributed by atoms with Gasteiger partial charge in [-0.3, -0.25) is 4.72 Å². The van der Waals surface area contributed by atoms with Gasteiger partial charge in [0, 0.05) is 0 Å². The van der Waals surface area contributed by atoms with E-state index in [0.717, 1.165) is 12.1 Å². The number of alkyl halides is 3. The van der Waals surface area contributed by atoms with Crippen LogP contribution in [0, 0.1) is 5.82 Å². The monoisotopic (exact) mass is 397 g/mol. The lowest BCUT2D eigenvalue weighted by molar-refractivity contribution is -0.137. The standard InChI is InChI=1S/C14H8ClF4NO4S/c15-11-2-1-9(16)6-12(11)25(23,24)20-10-4-7(13(21)22)3-8(5-10)14(17,18)19/h1-6,20H,(H,21,22). The van der Waals surface area contributed by atoms with E-state index in [4.69, 9.17) is 16.7 Å². The largest absolute Gasteiger partial charge is 0.478 e. The van der Waals surface area contributed by atoms with Crippen LogP contribution < -0.4 is 4.72 Å². The molecule has 134 valence electrons. The van der Waals surface area contributed by atoms with Gasteiger partial charge in [0.2, 0.25) is 0 Å². The highest BCUT2D eigenvalue weighted by molar-refractivity contribution is 7.92. The Hall–Kier alpha value is -2.33. The highest BCUT2D eigenvalue weighted by atomic mass is 35.5. The summed E-state index contributed by atoms with van der Waals surface area (Å²) in [6, 6.07) is 3.90. The van der Waals surface area contributed by atoms with E-state index in [1.165, 1.54) is 0 Å². The zero-order chi connectivity index (χ0) is 19.0. The molecular weight excluding hydrogens is 390 g/mol. The van der Waals surface area contributed by atoms with Crippen LogP contribution in [0.3, 0.4) is 0 Å². The van der Waals surface area contributed by atoms with Gasteiger partial charge >= 0.3 is 12.1 Å². The molecule has 0 fully saturated rings. The number of rotatable bonds is 4. The Morgan fingerprint density at radius 3 is 2.32 bits per heavy atom. The molecule has 0 aliphatic carbocycles. The van der Waals surface area contributed by atoms with E-state index in [1.807, 2.05) is 0 Å². The maximum Gasteiger partial charge on any atom is 0.416 e. The minimum atomic E-state index is -4.90. The molecule has 2 aromatic rings. The molecule has 0 unspecified atom stereocenters. The van der Waals surface area contributed by atoms with E-state index in [0.29, 0.717) is 24.3 Å². The van der Waals surface area contributed by atoms with Crippen molar-refractivity contribution in [3.63, 3.8) is 0 Å². The average Bonchev–Trinajstić information content (AvgIpc) is 2.47. The molecule has 0 aliphatic heterocycles. The first-order valence-electron chi connectivity index (χ1n) is 6.33. The number of hydrogen-bond donors (Lipinski definition) is 2. The highest BCUT2D eigenvalue weighted by Gasteiger charge is 2.32. The first-order valence-corrected chi connectivity index (χ1v) is 8.20. The second-order valence-corrected chi connectivity index (χ2v) is 6.84. The molecule has 0 spiro atoms. The van der Waals surface area contributed by atoms with Gasteiger partial charge in [0.1, 0.15) is 10.7 Å². The zero-order valence-electron chi connectivity index (χ0n) is 11.9. The van der Waals surface area contributed by atoms with Crippen LogP contribution in [0.25, 0.3) is 0 Å². The predicted octanol–water partition coefficient (Wildman–Crippen LogP) is 4.00. The van der Waals surface area contributed by atoms with Crippen molar-refractivity contribution >= 4 is 33.3 Å². The van der Waals surface area contributed by atoms with Gasteiger partial charge in [-0.05, 0) is 36.4 Å². The van der Waals surface area contributed by atoms with Gasteiger partial charge in [-0.25, -0.2) is 17.6 Å². The fourth-order valence-corrected chi connectivity index (χ4v) is 3.42. The Kier molecular flexibility index (Phi) is 4.96. The summed E-state index contributed by atoms with van der Waals surface area (Å²) in [6.07, 6.45) is -4.90. The van der Waals surface area contributed by atoms with Gasteiger partial charge in [0.25, 0.3) is 10.0 Å². The number of anilines is 1. The number of halogens is 5. The SMILES string of the molecule is O=C(O)c1cc(NS(=O)(=O)c2cc(F)ccc2Cl)cc(C(F)(F)F)c1. The lowest BCUT2D eigenvalue weighted by Gasteiger charge is -2.13. The third-order valence-electron chi connectivity index (χ3n) is 2.94. The molecule has 0 saturated carbocycles. The number of sulfonamides is 1. The molecule has 0 aliphatic rings. The van der Waals surface area contributed by atoms with Gasteiger partial charge in [0.15, 0.2) is 0 Å². The van der Waals surface area contributed by atoms with Crippen molar-refractivity contribution in [3.05, 3.63) is 58.4 Å². The Balaban J connectivity index is 2.53. The van der Waals surface area contributed by atoms with Gasteiger partial charge in [0.05, 0.1) is 21.8 Å². The topological polar surface area (TPSA) is 83.5 Å². The minimum absolute atomic E-state index is 0.356. The van der Waals surface area contributed by atoms with Crippen molar-refractivity contribution in [3.8, 4) is 0 Å². The molecule has 0 radical (unpaired) electrons. The molecule has 0 aromatic heterocycles. The third kappa shape index (κ3) is 4.40. The van der Waals surface area contributed by atoms with Crippen LogP contribution >= 0.6 is 11.6 Å². The fourth-order valence-electron chi connectivity index (χ4n) is 1.87. The molecular formula is C14H8ClF4NO4S. The van der Waals surface area contributed by atoms with Gasteiger partial charge in [-0.15, -0.1) is 0 Å². The molecule has 5 nitrogen and oxygen atoms in total. The van der Waals surface area contributed by atoms with E-state index in [-0.39, 0.29) is 5.02 Å². The molecule has 2 N–H and O–H groups in total. The molecule has 25 heavy (non-hydrogen) atoms. The Bertz CT molecular complexity index is 944. The molecule has 0 atom stereocenters. The van der Waals surface area contributed by atoms with Crippen molar-refractivity contribution in [2.75, 3.05) is 4.72 Å². The van der Waals surface area contributed by atoms with Crippen molar-refractivity contribution in [2.24, 2.45) is 0 Å². The van der Waals surface area contributed by atoms with E-state index >= 15 is 0 Å². The number of carboxylic acids is 1. The normalized spacial score (nSPS) is 12.0. The van der Waals surface area contributed by atoms with Crippen LogP contribution in [0.1, 0.15) is 15.9 Å². The first-order chi connectivity index (χ1) is 11.4. The fraction of sp³-hybridized carbons (Fsp3) is 0.0714. The van der Waals surface area contributed by atoms with Gasteiger partial charge in [-0.1, -0.05) is 11.6 Å². The first kappa shape index (κ1) is 19.0. The lowest BCUT2D eigenvalue weighted by atomic mass is 10.1. The smallest absolute Gasteiger partial charge is 0.416 e. The molecule has 2 aromatic carbocycles. The van der Waals surface area contributed by atoms with Crippen molar-refractivity contribution < 1.29 is 35.9 Å². The predicted molar refractivity (Wildman–Crippen MR) is 80.6 cm³/mol. The van der Waals surface area contributed by atoms with Crippen LogP contribution in [0.4, 0.5) is 23.2 Å². The summed E-state index contributed by atoms with van der Waals surface area (Å²) < 4.78 is 78.0. The number of aromatic carboxylic acids is 1.